The molecule has 3 aromatic heterocycles. The lowest BCUT2D eigenvalue weighted by Crippen LogP contribution is -1.99. The summed E-state index contributed by atoms with van der Waals surface area (Å²) in [5, 5.41) is 14.9. The molecule has 1 aliphatic rings. The number of allylic oxidation sites excluding steroid dienone is 1. The molecule has 0 amide bonds. The summed E-state index contributed by atoms with van der Waals surface area (Å²) >= 11 is 5.11. The van der Waals surface area contributed by atoms with E-state index < -0.39 is 0 Å². The van der Waals surface area contributed by atoms with E-state index in [2.05, 4.69) is 54.1 Å². The summed E-state index contributed by atoms with van der Waals surface area (Å²) < 4.78 is 0. The molecule has 0 N–H and O–H groups in total. The van der Waals surface area contributed by atoms with Crippen LogP contribution in [0.4, 0.5) is 0 Å². The minimum absolute atomic E-state index is 0.741. The maximum absolute atomic E-state index is 9.82. The van der Waals surface area contributed by atoms with Crippen LogP contribution in [0.2, 0.25) is 0 Å². The minimum Gasteiger partial charge on any atom is -0.240 e. The summed E-state index contributed by atoms with van der Waals surface area (Å²) in [5.41, 5.74) is 5.46. The number of nitriles is 1. The third-order valence-corrected chi connectivity index (χ3v) is 6.80. The Labute approximate surface area is 159 Å². The zero-order chi connectivity index (χ0) is 17.2. The predicted molar refractivity (Wildman–Crippen MR) is 109 cm³/mol. The first kappa shape index (κ1) is 16.6. The number of thiophene rings is 2. The van der Waals surface area contributed by atoms with E-state index in [0.717, 1.165) is 40.4 Å². The molecule has 0 unspecified atom stereocenters. The first-order valence-corrected chi connectivity index (χ1v) is 10.9. The summed E-state index contributed by atoms with van der Waals surface area (Å²) in [6, 6.07) is 10.8. The minimum atomic E-state index is 0.741. The third kappa shape index (κ3) is 3.06. The van der Waals surface area contributed by atoms with Crippen LogP contribution in [0.15, 0.2) is 40.1 Å². The lowest BCUT2D eigenvalue weighted by molar-refractivity contribution is 1.05. The fraction of sp³-hybridized carbons (Fsp3) is 0.200. The second-order valence-electron chi connectivity index (χ2n) is 5.70. The van der Waals surface area contributed by atoms with Gasteiger partial charge in [0.25, 0.3) is 0 Å². The van der Waals surface area contributed by atoms with Crippen LogP contribution < -0.4 is 0 Å². The number of fused-ring (bicyclic) bond motifs is 1. The molecule has 25 heavy (non-hydrogen) atoms. The molecule has 0 radical (unpaired) electrons. The van der Waals surface area contributed by atoms with Gasteiger partial charge in [-0.05, 0) is 58.7 Å². The molecule has 4 rings (SSSR count). The summed E-state index contributed by atoms with van der Waals surface area (Å²) in [4.78, 5) is 7.36. The first-order valence-electron chi connectivity index (χ1n) is 8.20. The van der Waals surface area contributed by atoms with Gasteiger partial charge in [0, 0.05) is 15.3 Å². The van der Waals surface area contributed by atoms with Crippen molar-refractivity contribution >= 4 is 46.1 Å². The summed E-state index contributed by atoms with van der Waals surface area (Å²) in [6.45, 7) is 2.11. The molecule has 0 atom stereocenters. The third-order valence-electron chi connectivity index (χ3n) is 4.23. The van der Waals surface area contributed by atoms with Gasteiger partial charge in [0.2, 0.25) is 0 Å². The second kappa shape index (κ2) is 7.17. The zero-order valence-corrected chi connectivity index (χ0v) is 16.2. The van der Waals surface area contributed by atoms with E-state index in [4.69, 9.17) is 4.98 Å². The van der Waals surface area contributed by atoms with Gasteiger partial charge >= 0.3 is 0 Å². The van der Waals surface area contributed by atoms with E-state index >= 15 is 0 Å². The molecule has 2 nitrogen and oxygen atoms in total. The fourth-order valence-corrected chi connectivity index (χ4v) is 5.42. The van der Waals surface area contributed by atoms with E-state index in [1.807, 2.05) is 0 Å². The molecule has 0 aromatic carbocycles. The highest BCUT2D eigenvalue weighted by atomic mass is 32.2. The van der Waals surface area contributed by atoms with Crippen molar-refractivity contribution in [1.82, 2.24) is 4.98 Å². The van der Waals surface area contributed by atoms with Crippen LogP contribution in [0.25, 0.3) is 22.1 Å². The Morgan fingerprint density at radius 2 is 2.08 bits per heavy atom. The molecule has 5 heteroatoms. The average Bonchev–Trinajstić information content (AvgIpc) is 3.37. The zero-order valence-electron chi connectivity index (χ0n) is 13.8. The highest BCUT2D eigenvalue weighted by Crippen LogP contribution is 2.44. The number of aromatic nitrogens is 1. The number of thioether (sulfide) groups is 1. The quantitative estimate of drug-likeness (QED) is 0.495. The second-order valence-corrected chi connectivity index (χ2v) is 8.88. The first-order chi connectivity index (χ1) is 12.3. The molecule has 124 valence electrons. The van der Waals surface area contributed by atoms with Gasteiger partial charge in [-0.1, -0.05) is 19.1 Å². The standard InChI is InChI=1S/C20H16N2S3/c1-2-23-20-16(12-21)18(17-6-4-10-25-17)15-8-7-13(19(15)22-20)11-14-5-3-9-24-14/h3-6,9-11H,2,7-8H2,1H3/b13-11-. The van der Waals surface area contributed by atoms with Gasteiger partial charge in [-0.2, -0.15) is 5.26 Å². The van der Waals surface area contributed by atoms with E-state index in [1.54, 1.807) is 34.4 Å². The monoisotopic (exact) mass is 380 g/mol. The van der Waals surface area contributed by atoms with Crippen molar-refractivity contribution in [3.8, 4) is 16.5 Å². The maximum Gasteiger partial charge on any atom is 0.115 e. The van der Waals surface area contributed by atoms with Crippen molar-refractivity contribution in [3.05, 3.63) is 56.7 Å². The molecular weight excluding hydrogens is 364 g/mol. The van der Waals surface area contributed by atoms with E-state index in [0.29, 0.717) is 0 Å². The van der Waals surface area contributed by atoms with Gasteiger partial charge < -0.3 is 0 Å². The van der Waals surface area contributed by atoms with Crippen molar-refractivity contribution in [3.63, 3.8) is 0 Å². The summed E-state index contributed by atoms with van der Waals surface area (Å²) in [7, 11) is 0. The molecule has 0 saturated carbocycles. The van der Waals surface area contributed by atoms with Crippen molar-refractivity contribution in [2.75, 3.05) is 5.75 Å². The van der Waals surface area contributed by atoms with Gasteiger partial charge in [0.05, 0.1) is 11.3 Å². The number of rotatable bonds is 4. The van der Waals surface area contributed by atoms with Gasteiger partial charge in [-0.25, -0.2) is 4.98 Å². The Morgan fingerprint density at radius 3 is 2.76 bits per heavy atom. The molecular formula is C20H16N2S3. The number of hydrogen-bond acceptors (Lipinski definition) is 5. The van der Waals surface area contributed by atoms with E-state index in [-0.39, 0.29) is 0 Å². The molecule has 3 heterocycles. The maximum atomic E-state index is 9.82. The van der Waals surface area contributed by atoms with Crippen LogP contribution in [0.3, 0.4) is 0 Å². The van der Waals surface area contributed by atoms with Crippen LogP contribution in [-0.2, 0) is 6.42 Å². The van der Waals surface area contributed by atoms with Crippen LogP contribution in [-0.4, -0.2) is 10.7 Å². The van der Waals surface area contributed by atoms with Gasteiger partial charge in [-0.3, -0.25) is 0 Å². The van der Waals surface area contributed by atoms with Gasteiger partial charge in [0.1, 0.15) is 11.1 Å². The number of hydrogen-bond donors (Lipinski definition) is 0. The topological polar surface area (TPSA) is 36.7 Å². The fourth-order valence-electron chi connectivity index (χ4n) is 3.21. The Morgan fingerprint density at radius 1 is 1.24 bits per heavy atom. The molecule has 0 aliphatic heterocycles. The van der Waals surface area contributed by atoms with Crippen LogP contribution in [0.5, 0.6) is 0 Å². The largest absolute Gasteiger partial charge is 0.240 e. The Bertz CT molecular complexity index is 962. The van der Waals surface area contributed by atoms with E-state index in [9.17, 15) is 5.26 Å². The molecule has 3 aromatic rings. The average molecular weight is 381 g/mol. The van der Waals surface area contributed by atoms with Crippen molar-refractivity contribution in [2.24, 2.45) is 0 Å². The highest BCUT2D eigenvalue weighted by Gasteiger charge is 2.27. The summed E-state index contributed by atoms with van der Waals surface area (Å²) in [6.07, 6.45) is 4.20. The number of nitrogens with zero attached hydrogens (tertiary/aromatic N) is 2. The Balaban J connectivity index is 1.95. The molecule has 1 aliphatic carbocycles. The molecule has 0 fully saturated rings. The lowest BCUT2D eigenvalue weighted by atomic mass is 10.0. The predicted octanol–water partition coefficient (Wildman–Crippen LogP) is 6.34. The van der Waals surface area contributed by atoms with Gasteiger partial charge in [-0.15, -0.1) is 34.4 Å². The highest BCUT2D eigenvalue weighted by molar-refractivity contribution is 7.99. The smallest absolute Gasteiger partial charge is 0.115 e. The van der Waals surface area contributed by atoms with Gasteiger partial charge in [0.15, 0.2) is 0 Å². The van der Waals surface area contributed by atoms with Crippen LogP contribution >= 0.6 is 34.4 Å². The van der Waals surface area contributed by atoms with Crippen LogP contribution in [0.1, 0.15) is 35.0 Å². The molecule has 0 saturated heterocycles. The lowest BCUT2D eigenvalue weighted by Gasteiger charge is -2.13. The van der Waals surface area contributed by atoms with E-state index in [1.165, 1.54) is 20.9 Å². The SMILES string of the molecule is CCSc1nc2c(c(-c3cccs3)c1C#N)CC/C2=C/c1cccs1. The molecule has 0 bridgehead atoms. The summed E-state index contributed by atoms with van der Waals surface area (Å²) in [5.74, 6) is 0.911. The number of pyridine rings is 1. The normalized spacial score (nSPS) is 14.6. The Kier molecular flexibility index (Phi) is 4.76. The van der Waals surface area contributed by atoms with Crippen molar-refractivity contribution in [2.45, 2.75) is 24.8 Å². The Hall–Kier alpha value is -1.87. The van der Waals surface area contributed by atoms with Crippen molar-refractivity contribution < 1.29 is 0 Å². The molecule has 0 spiro atoms. The van der Waals surface area contributed by atoms with Crippen LogP contribution in [0, 0.1) is 11.3 Å². The van der Waals surface area contributed by atoms with Crippen molar-refractivity contribution in [1.29, 1.82) is 5.26 Å².